The number of ether oxygens (including phenoxy) is 2. The minimum Gasteiger partial charge on any atom is -0.388 e. The summed E-state index contributed by atoms with van der Waals surface area (Å²) in [6, 6.07) is 0. The molecule has 0 saturated heterocycles. The third-order valence-electron chi connectivity index (χ3n) is 5.50. The predicted octanol–water partition coefficient (Wildman–Crippen LogP) is 3.96. The molecule has 0 aromatic heterocycles. The number of aliphatic hydroxyl groups excluding tert-OH is 4. The fourth-order valence-electron chi connectivity index (χ4n) is 3.38. The van der Waals surface area contributed by atoms with E-state index in [9.17, 15) is 20.4 Å². The Morgan fingerprint density at radius 3 is 1.10 bits per heavy atom. The lowest BCUT2D eigenvalue weighted by molar-refractivity contribution is -0.134. The second-order valence-electron chi connectivity index (χ2n) is 8.51. The molecule has 0 aromatic rings. The van der Waals surface area contributed by atoms with Gasteiger partial charge in [0.2, 0.25) is 0 Å². The number of unbranched alkanes of at least 4 members (excludes halogenated alkanes) is 12. The van der Waals surface area contributed by atoms with E-state index in [0.29, 0.717) is 13.2 Å². The van der Waals surface area contributed by atoms with Gasteiger partial charge in [0.25, 0.3) is 0 Å². The van der Waals surface area contributed by atoms with Gasteiger partial charge < -0.3 is 29.9 Å². The molecule has 0 radical (unpaired) electrons. The van der Waals surface area contributed by atoms with Crippen LogP contribution in [0.5, 0.6) is 0 Å². The summed E-state index contributed by atoms with van der Waals surface area (Å²) >= 11 is 0. The summed E-state index contributed by atoms with van der Waals surface area (Å²) in [5, 5.41) is 40.0. The van der Waals surface area contributed by atoms with Crippen LogP contribution in [0.15, 0.2) is 0 Å². The quantitative estimate of drug-likeness (QED) is 0.182. The highest BCUT2D eigenvalue weighted by molar-refractivity contribution is 4.80. The first-order valence-corrected chi connectivity index (χ1v) is 12.4. The van der Waals surface area contributed by atoms with Crippen molar-refractivity contribution in [1.82, 2.24) is 0 Å². The molecular formula is C24H50O6. The Bertz CT molecular complexity index is 310. The topological polar surface area (TPSA) is 99.4 Å². The Kier molecular flexibility index (Phi) is 21.8. The second kappa shape index (κ2) is 22.0. The van der Waals surface area contributed by atoms with Crippen LogP contribution >= 0.6 is 0 Å². The number of hydrogen-bond donors (Lipinski definition) is 4. The molecule has 0 aromatic carbocycles. The van der Waals surface area contributed by atoms with Crippen molar-refractivity contribution >= 4 is 0 Å². The maximum atomic E-state index is 10.0. The molecule has 0 rings (SSSR count). The lowest BCUT2D eigenvalue weighted by Crippen LogP contribution is -2.47. The molecule has 0 amide bonds. The predicted molar refractivity (Wildman–Crippen MR) is 122 cm³/mol. The van der Waals surface area contributed by atoms with Crippen molar-refractivity contribution < 1.29 is 29.9 Å². The van der Waals surface area contributed by atoms with Crippen molar-refractivity contribution in [3.63, 3.8) is 0 Å². The van der Waals surface area contributed by atoms with Crippen LogP contribution in [0.25, 0.3) is 0 Å². The van der Waals surface area contributed by atoms with Gasteiger partial charge in [-0.05, 0) is 12.8 Å². The Morgan fingerprint density at radius 1 is 0.467 bits per heavy atom. The molecule has 4 atom stereocenters. The first kappa shape index (κ1) is 29.8. The highest BCUT2D eigenvalue weighted by atomic mass is 16.5. The van der Waals surface area contributed by atoms with Crippen molar-refractivity contribution in [2.24, 2.45) is 0 Å². The van der Waals surface area contributed by atoms with Crippen molar-refractivity contribution in [1.29, 1.82) is 0 Å². The third kappa shape index (κ3) is 17.4. The molecular weight excluding hydrogens is 384 g/mol. The molecule has 6 heteroatoms. The molecule has 0 aliphatic heterocycles. The van der Waals surface area contributed by atoms with Crippen LogP contribution in [0.4, 0.5) is 0 Å². The van der Waals surface area contributed by atoms with Crippen LogP contribution in [-0.2, 0) is 9.47 Å². The van der Waals surface area contributed by atoms with Gasteiger partial charge in [0.15, 0.2) is 0 Å². The van der Waals surface area contributed by atoms with E-state index in [2.05, 4.69) is 13.8 Å². The lowest BCUT2D eigenvalue weighted by atomic mass is 10.0. The molecule has 0 aliphatic rings. The highest BCUT2D eigenvalue weighted by Gasteiger charge is 2.30. The smallest absolute Gasteiger partial charge is 0.111 e. The van der Waals surface area contributed by atoms with Crippen molar-refractivity contribution in [2.75, 3.05) is 26.4 Å². The van der Waals surface area contributed by atoms with Crippen LogP contribution in [0, 0.1) is 0 Å². The number of rotatable bonds is 23. The zero-order valence-electron chi connectivity index (χ0n) is 19.6. The summed E-state index contributed by atoms with van der Waals surface area (Å²) in [4.78, 5) is 0. The summed E-state index contributed by atoms with van der Waals surface area (Å²) in [5.74, 6) is 0. The van der Waals surface area contributed by atoms with E-state index in [-0.39, 0.29) is 13.2 Å². The molecule has 6 nitrogen and oxygen atoms in total. The van der Waals surface area contributed by atoms with Crippen LogP contribution in [0.1, 0.15) is 104 Å². The molecule has 0 spiro atoms. The summed E-state index contributed by atoms with van der Waals surface area (Å²) < 4.78 is 10.8. The van der Waals surface area contributed by atoms with Gasteiger partial charge >= 0.3 is 0 Å². The first-order chi connectivity index (χ1) is 14.5. The molecule has 182 valence electrons. The van der Waals surface area contributed by atoms with Crippen LogP contribution < -0.4 is 0 Å². The molecule has 4 N–H and O–H groups in total. The Balaban J connectivity index is 3.67. The largest absolute Gasteiger partial charge is 0.388 e. The van der Waals surface area contributed by atoms with E-state index < -0.39 is 24.4 Å². The Hall–Kier alpha value is -0.240. The zero-order valence-corrected chi connectivity index (χ0v) is 19.6. The molecule has 0 heterocycles. The maximum absolute atomic E-state index is 10.0. The normalized spacial score (nSPS) is 15.8. The summed E-state index contributed by atoms with van der Waals surface area (Å²) in [6.45, 7) is 5.34. The average Bonchev–Trinajstić information content (AvgIpc) is 2.75. The van der Waals surface area contributed by atoms with E-state index >= 15 is 0 Å². The minimum atomic E-state index is -1.46. The Labute approximate surface area is 185 Å². The third-order valence-corrected chi connectivity index (χ3v) is 5.50. The van der Waals surface area contributed by atoms with E-state index in [0.717, 1.165) is 25.7 Å². The molecule has 0 unspecified atom stereocenters. The zero-order chi connectivity index (χ0) is 22.5. The highest BCUT2D eigenvalue weighted by Crippen LogP contribution is 2.10. The SMILES string of the molecule is CCCCCCCCCOC[C@@H](O)[C@@H](O)[C@H](O)[C@@H](O)COCCCCCCCCC. The summed E-state index contributed by atoms with van der Waals surface area (Å²) in [6.07, 6.45) is 11.2. The van der Waals surface area contributed by atoms with Gasteiger partial charge in [-0.3, -0.25) is 0 Å². The first-order valence-electron chi connectivity index (χ1n) is 12.4. The summed E-state index contributed by atoms with van der Waals surface area (Å²) in [7, 11) is 0. The average molecular weight is 435 g/mol. The minimum absolute atomic E-state index is 0.0559. The van der Waals surface area contributed by atoms with E-state index in [1.165, 1.54) is 64.2 Å². The summed E-state index contributed by atoms with van der Waals surface area (Å²) in [5.41, 5.74) is 0. The maximum Gasteiger partial charge on any atom is 0.111 e. The van der Waals surface area contributed by atoms with E-state index in [4.69, 9.17) is 9.47 Å². The van der Waals surface area contributed by atoms with Gasteiger partial charge in [-0.25, -0.2) is 0 Å². The molecule has 0 bridgehead atoms. The van der Waals surface area contributed by atoms with Crippen molar-refractivity contribution in [3.05, 3.63) is 0 Å². The standard InChI is InChI=1S/C24H50O6/c1-3-5-7-9-11-13-15-17-29-19-21(25)23(27)24(28)22(26)20-30-18-16-14-12-10-8-6-4-2/h21-28H,3-20H2,1-2H3/t21-,22+,23-,24-/m1/s1. The van der Waals surface area contributed by atoms with Gasteiger partial charge in [0.1, 0.15) is 24.4 Å². The molecule has 0 fully saturated rings. The van der Waals surface area contributed by atoms with Gasteiger partial charge in [0.05, 0.1) is 13.2 Å². The van der Waals surface area contributed by atoms with E-state index in [1.54, 1.807) is 0 Å². The number of aliphatic hydroxyl groups is 4. The van der Waals surface area contributed by atoms with Gasteiger partial charge in [-0.15, -0.1) is 0 Å². The van der Waals surface area contributed by atoms with Crippen molar-refractivity contribution in [3.8, 4) is 0 Å². The van der Waals surface area contributed by atoms with Crippen LogP contribution in [0.3, 0.4) is 0 Å². The van der Waals surface area contributed by atoms with Gasteiger partial charge in [-0.2, -0.15) is 0 Å². The van der Waals surface area contributed by atoms with Gasteiger partial charge in [-0.1, -0.05) is 90.9 Å². The van der Waals surface area contributed by atoms with Crippen LogP contribution in [-0.4, -0.2) is 71.3 Å². The monoisotopic (exact) mass is 434 g/mol. The molecule has 0 saturated carbocycles. The second-order valence-corrected chi connectivity index (χ2v) is 8.51. The van der Waals surface area contributed by atoms with Crippen molar-refractivity contribution in [2.45, 2.75) is 128 Å². The lowest BCUT2D eigenvalue weighted by Gasteiger charge is -2.26. The fourth-order valence-corrected chi connectivity index (χ4v) is 3.38. The van der Waals surface area contributed by atoms with Gasteiger partial charge in [0, 0.05) is 13.2 Å². The van der Waals surface area contributed by atoms with Crippen LogP contribution in [0.2, 0.25) is 0 Å². The van der Waals surface area contributed by atoms with E-state index in [1.807, 2.05) is 0 Å². The number of hydrogen-bond acceptors (Lipinski definition) is 6. The molecule has 30 heavy (non-hydrogen) atoms. The Morgan fingerprint density at radius 2 is 0.767 bits per heavy atom. The molecule has 0 aliphatic carbocycles. The fraction of sp³-hybridized carbons (Fsp3) is 1.00.